The second-order valence-electron chi connectivity index (χ2n) is 6.46. The van der Waals surface area contributed by atoms with Crippen LogP contribution in [0.5, 0.6) is 5.75 Å². The molecule has 0 bridgehead atoms. The SMILES string of the molecule is CCC1(CC)C[C@@H](NS(=O)(=O)c2nnc(NC(C)=O)s2)c2ccccc2O1. The number of benzene rings is 1. The van der Waals surface area contributed by atoms with E-state index in [0.717, 1.165) is 29.7 Å². The Bertz CT molecular complexity index is 938. The Morgan fingerprint density at radius 3 is 2.67 bits per heavy atom. The van der Waals surface area contributed by atoms with Crippen LogP contribution in [0.25, 0.3) is 0 Å². The standard InChI is InChI=1S/C17H22N4O4S2/c1-4-17(5-2)10-13(12-8-6-7-9-14(12)25-17)21-27(23,24)16-20-19-15(26-16)18-11(3)22/h6-9,13,21H,4-5,10H2,1-3H3,(H,18,19,22)/t13-/m1/s1. The first-order chi connectivity index (χ1) is 12.8. The number of hydrogen-bond donors (Lipinski definition) is 2. The van der Waals surface area contributed by atoms with Gasteiger partial charge < -0.3 is 10.1 Å². The predicted molar refractivity (Wildman–Crippen MR) is 102 cm³/mol. The molecule has 0 unspecified atom stereocenters. The number of fused-ring (bicyclic) bond motifs is 1. The van der Waals surface area contributed by atoms with E-state index < -0.39 is 21.7 Å². The Morgan fingerprint density at radius 2 is 2.00 bits per heavy atom. The lowest BCUT2D eigenvalue weighted by Crippen LogP contribution is -2.44. The minimum atomic E-state index is -3.90. The second-order valence-corrected chi connectivity index (χ2v) is 9.33. The number of ether oxygens (including phenoxy) is 1. The maximum atomic E-state index is 12.8. The van der Waals surface area contributed by atoms with Gasteiger partial charge >= 0.3 is 0 Å². The molecule has 10 heteroatoms. The molecule has 1 aromatic carbocycles. The summed E-state index contributed by atoms with van der Waals surface area (Å²) < 4.78 is 34.4. The number of carbonyl (C=O) groups is 1. The van der Waals surface area contributed by atoms with Crippen LogP contribution in [0.15, 0.2) is 28.6 Å². The monoisotopic (exact) mass is 410 g/mol. The Kier molecular flexibility index (Phi) is 5.50. The smallest absolute Gasteiger partial charge is 0.270 e. The molecule has 1 amide bonds. The molecule has 2 N–H and O–H groups in total. The van der Waals surface area contributed by atoms with Crippen LogP contribution in [0.2, 0.25) is 0 Å². The third-order valence-corrected chi connectivity index (χ3v) is 7.38. The number of aromatic nitrogens is 2. The summed E-state index contributed by atoms with van der Waals surface area (Å²) in [4.78, 5) is 11.1. The van der Waals surface area contributed by atoms with Gasteiger partial charge in [-0.2, -0.15) is 0 Å². The van der Waals surface area contributed by atoms with Crippen molar-refractivity contribution in [1.29, 1.82) is 0 Å². The van der Waals surface area contributed by atoms with Crippen molar-refractivity contribution in [3.63, 3.8) is 0 Å². The van der Waals surface area contributed by atoms with E-state index in [9.17, 15) is 13.2 Å². The normalized spacial score (nSPS) is 18.4. The molecule has 2 heterocycles. The van der Waals surface area contributed by atoms with Gasteiger partial charge in [0.2, 0.25) is 15.4 Å². The summed E-state index contributed by atoms with van der Waals surface area (Å²) in [6.45, 7) is 5.39. The molecule has 1 atom stereocenters. The number of nitrogens with one attached hydrogen (secondary N) is 2. The minimum absolute atomic E-state index is 0.145. The molecule has 146 valence electrons. The number of anilines is 1. The summed E-state index contributed by atoms with van der Waals surface area (Å²) in [5, 5.41) is 10.0. The van der Waals surface area contributed by atoms with E-state index in [1.807, 2.05) is 38.1 Å². The van der Waals surface area contributed by atoms with Crippen molar-refractivity contribution in [2.45, 2.75) is 56.0 Å². The quantitative estimate of drug-likeness (QED) is 0.709. The van der Waals surface area contributed by atoms with E-state index in [2.05, 4.69) is 20.2 Å². The fourth-order valence-corrected chi connectivity index (χ4v) is 5.34. The third-order valence-electron chi connectivity index (χ3n) is 4.70. The molecule has 2 aromatic rings. The van der Waals surface area contributed by atoms with Gasteiger partial charge in [-0.25, -0.2) is 13.1 Å². The summed E-state index contributed by atoms with van der Waals surface area (Å²) in [6.07, 6.45) is 2.05. The van der Waals surface area contributed by atoms with Crippen LogP contribution >= 0.6 is 11.3 Å². The van der Waals surface area contributed by atoms with E-state index in [1.165, 1.54) is 6.92 Å². The molecular weight excluding hydrogens is 388 g/mol. The Balaban J connectivity index is 1.91. The van der Waals surface area contributed by atoms with Crippen molar-refractivity contribution in [3.05, 3.63) is 29.8 Å². The van der Waals surface area contributed by atoms with Crippen LogP contribution in [0.4, 0.5) is 5.13 Å². The van der Waals surface area contributed by atoms with Crippen molar-refractivity contribution in [2.75, 3.05) is 5.32 Å². The molecule has 0 saturated carbocycles. The molecule has 3 rings (SSSR count). The van der Waals surface area contributed by atoms with E-state index in [0.29, 0.717) is 12.2 Å². The van der Waals surface area contributed by atoms with Crippen molar-refractivity contribution < 1.29 is 17.9 Å². The van der Waals surface area contributed by atoms with Crippen molar-refractivity contribution in [2.24, 2.45) is 0 Å². The lowest BCUT2D eigenvalue weighted by Gasteiger charge is -2.41. The zero-order valence-corrected chi connectivity index (χ0v) is 17.0. The van der Waals surface area contributed by atoms with Gasteiger partial charge in [-0.15, -0.1) is 10.2 Å². The van der Waals surface area contributed by atoms with Crippen LogP contribution in [0.3, 0.4) is 0 Å². The van der Waals surface area contributed by atoms with E-state index in [-0.39, 0.29) is 15.4 Å². The summed E-state index contributed by atoms with van der Waals surface area (Å²) >= 11 is 0.814. The van der Waals surface area contributed by atoms with Gasteiger partial charge in [0.15, 0.2) is 0 Å². The molecule has 0 fully saturated rings. The molecule has 1 aliphatic heterocycles. The first kappa shape index (κ1) is 19.7. The zero-order valence-electron chi connectivity index (χ0n) is 15.4. The average Bonchev–Trinajstić information content (AvgIpc) is 3.10. The number of para-hydroxylation sites is 1. The highest BCUT2D eigenvalue weighted by atomic mass is 32.2. The number of hydrogen-bond acceptors (Lipinski definition) is 7. The maximum Gasteiger partial charge on any atom is 0.270 e. The molecular formula is C17H22N4O4S2. The van der Waals surface area contributed by atoms with Crippen LogP contribution in [0.1, 0.15) is 51.6 Å². The lowest BCUT2D eigenvalue weighted by molar-refractivity contribution is -0.114. The van der Waals surface area contributed by atoms with E-state index >= 15 is 0 Å². The Morgan fingerprint density at radius 1 is 1.30 bits per heavy atom. The van der Waals surface area contributed by atoms with Crippen molar-refractivity contribution >= 4 is 32.4 Å². The highest BCUT2D eigenvalue weighted by molar-refractivity contribution is 7.91. The summed E-state index contributed by atoms with van der Waals surface area (Å²) in [7, 11) is -3.90. The first-order valence-electron chi connectivity index (χ1n) is 8.70. The van der Waals surface area contributed by atoms with Crippen LogP contribution in [-0.2, 0) is 14.8 Å². The summed E-state index contributed by atoms with van der Waals surface area (Å²) in [5.74, 6) is 0.355. The van der Waals surface area contributed by atoms with E-state index in [1.54, 1.807) is 0 Å². The lowest BCUT2D eigenvalue weighted by atomic mass is 9.84. The van der Waals surface area contributed by atoms with Gasteiger partial charge in [0.05, 0.1) is 6.04 Å². The van der Waals surface area contributed by atoms with Crippen LogP contribution in [-0.4, -0.2) is 30.1 Å². The maximum absolute atomic E-state index is 12.8. The highest BCUT2D eigenvalue weighted by Gasteiger charge is 2.40. The number of carbonyl (C=O) groups excluding carboxylic acids is 1. The van der Waals surface area contributed by atoms with Gasteiger partial charge in [-0.1, -0.05) is 43.4 Å². The van der Waals surface area contributed by atoms with Gasteiger partial charge in [-0.05, 0) is 18.9 Å². The first-order valence-corrected chi connectivity index (χ1v) is 11.0. The fourth-order valence-electron chi connectivity index (χ4n) is 3.16. The van der Waals surface area contributed by atoms with Gasteiger partial charge in [0.25, 0.3) is 10.0 Å². The minimum Gasteiger partial charge on any atom is -0.487 e. The predicted octanol–water partition coefficient (Wildman–Crippen LogP) is 2.86. The largest absolute Gasteiger partial charge is 0.487 e. The van der Waals surface area contributed by atoms with Crippen molar-refractivity contribution in [3.8, 4) is 5.75 Å². The molecule has 0 aliphatic carbocycles. The molecule has 0 spiro atoms. The fraction of sp³-hybridized carbons (Fsp3) is 0.471. The topological polar surface area (TPSA) is 110 Å². The number of nitrogens with zero attached hydrogens (tertiary/aromatic N) is 2. The zero-order chi connectivity index (χ0) is 19.7. The number of rotatable bonds is 6. The van der Waals surface area contributed by atoms with Crippen LogP contribution in [0, 0.1) is 0 Å². The van der Waals surface area contributed by atoms with Crippen molar-refractivity contribution in [1.82, 2.24) is 14.9 Å². The number of sulfonamides is 1. The van der Waals surface area contributed by atoms with E-state index in [4.69, 9.17) is 4.74 Å². The molecule has 0 radical (unpaired) electrons. The van der Waals surface area contributed by atoms with Gasteiger partial charge in [0, 0.05) is 18.9 Å². The number of amides is 1. The molecule has 0 saturated heterocycles. The average molecular weight is 411 g/mol. The second kappa shape index (κ2) is 7.53. The summed E-state index contributed by atoms with van der Waals surface area (Å²) in [6, 6.07) is 7.01. The van der Waals surface area contributed by atoms with Gasteiger partial charge in [0.1, 0.15) is 11.4 Å². The molecule has 1 aliphatic rings. The molecule has 27 heavy (non-hydrogen) atoms. The highest BCUT2D eigenvalue weighted by Crippen LogP contribution is 2.43. The summed E-state index contributed by atoms with van der Waals surface area (Å²) in [5.41, 5.74) is 0.370. The third kappa shape index (κ3) is 4.12. The molecule has 1 aromatic heterocycles. The molecule has 8 nitrogen and oxygen atoms in total. The Labute approximate surface area is 162 Å². The van der Waals surface area contributed by atoms with Gasteiger partial charge in [-0.3, -0.25) is 4.79 Å². The van der Waals surface area contributed by atoms with Crippen LogP contribution < -0.4 is 14.8 Å². The Hall–Kier alpha value is -2.04.